The summed E-state index contributed by atoms with van der Waals surface area (Å²) in [5.74, 6) is 0.752. The van der Waals surface area contributed by atoms with E-state index < -0.39 is 0 Å². The highest BCUT2D eigenvalue weighted by Crippen LogP contribution is 2.23. The maximum Gasteiger partial charge on any atom is 0.221 e. The average molecular weight is 466 g/mol. The van der Waals surface area contributed by atoms with Gasteiger partial charge in [-0.3, -0.25) is 19.4 Å². The Morgan fingerprint density at radius 1 is 1.15 bits per heavy atom. The van der Waals surface area contributed by atoms with E-state index in [0.29, 0.717) is 24.3 Å². The Balaban J connectivity index is 1.41. The van der Waals surface area contributed by atoms with Crippen molar-refractivity contribution in [1.29, 1.82) is 0 Å². The van der Waals surface area contributed by atoms with Gasteiger partial charge < -0.3 is 10.1 Å². The van der Waals surface area contributed by atoms with Gasteiger partial charge in [-0.25, -0.2) is 0 Å². The number of aromatic amines is 1. The summed E-state index contributed by atoms with van der Waals surface area (Å²) in [6, 6.07) is 16.7. The van der Waals surface area contributed by atoms with Gasteiger partial charge in [-0.15, -0.1) is 0 Å². The quantitative estimate of drug-likeness (QED) is 0.495. The second-order valence-corrected chi connectivity index (χ2v) is 8.89. The van der Waals surface area contributed by atoms with Crippen molar-refractivity contribution in [3.05, 3.63) is 70.0 Å². The number of benzene rings is 2. The summed E-state index contributed by atoms with van der Waals surface area (Å²) >= 11 is 5.42. The molecule has 4 rings (SSSR count). The lowest BCUT2D eigenvalue weighted by molar-refractivity contribution is -0.121. The molecule has 3 aromatic rings. The van der Waals surface area contributed by atoms with E-state index in [1.807, 2.05) is 29.7 Å². The number of hydrogen-bond acceptors (Lipinski definition) is 5. The molecule has 1 atom stereocenters. The largest absolute Gasteiger partial charge is 0.379 e. The zero-order valence-electron chi connectivity index (χ0n) is 19.2. The van der Waals surface area contributed by atoms with Gasteiger partial charge in [0.1, 0.15) is 0 Å². The predicted molar refractivity (Wildman–Crippen MR) is 132 cm³/mol. The van der Waals surface area contributed by atoms with E-state index in [1.54, 1.807) is 0 Å². The number of ether oxygens (including phenoxy) is 1. The van der Waals surface area contributed by atoms with Gasteiger partial charge in [-0.2, -0.15) is 5.10 Å². The normalized spacial score (nSPS) is 15.3. The minimum atomic E-state index is -0.000736. The number of carbonyl (C=O) groups excluding carboxylic acids is 1. The minimum Gasteiger partial charge on any atom is -0.379 e. The molecule has 0 saturated carbocycles. The highest BCUT2D eigenvalue weighted by molar-refractivity contribution is 7.71. The molecule has 1 fully saturated rings. The molecule has 1 unspecified atom stereocenters. The van der Waals surface area contributed by atoms with Crippen LogP contribution in [-0.4, -0.2) is 58.4 Å². The lowest BCUT2D eigenvalue weighted by Crippen LogP contribution is -2.44. The Bertz CT molecular complexity index is 1150. The van der Waals surface area contributed by atoms with Gasteiger partial charge in [0.05, 0.1) is 19.3 Å². The Labute approximate surface area is 199 Å². The minimum absolute atomic E-state index is 0.000736. The number of aromatic nitrogens is 3. The van der Waals surface area contributed by atoms with E-state index in [9.17, 15) is 4.79 Å². The number of H-pyrrole nitrogens is 1. The molecule has 8 heteroatoms. The lowest BCUT2D eigenvalue weighted by Gasteiger charge is -2.35. The molecule has 2 heterocycles. The summed E-state index contributed by atoms with van der Waals surface area (Å²) in [6.45, 7) is 8.33. The summed E-state index contributed by atoms with van der Waals surface area (Å²) in [6.07, 6.45) is 0.330. The first-order valence-corrected chi connectivity index (χ1v) is 11.8. The number of hydrogen-bond donors (Lipinski definition) is 2. The van der Waals surface area contributed by atoms with Crippen molar-refractivity contribution < 1.29 is 9.53 Å². The molecule has 1 saturated heterocycles. The van der Waals surface area contributed by atoms with Crippen molar-refractivity contribution >= 4 is 18.1 Å². The molecule has 1 aliphatic heterocycles. The summed E-state index contributed by atoms with van der Waals surface area (Å²) in [7, 11) is 0. The molecule has 2 aromatic carbocycles. The van der Waals surface area contributed by atoms with Gasteiger partial charge in [0.25, 0.3) is 0 Å². The highest BCUT2D eigenvalue weighted by atomic mass is 32.1. The highest BCUT2D eigenvalue weighted by Gasteiger charge is 2.23. The van der Waals surface area contributed by atoms with E-state index in [1.165, 1.54) is 11.1 Å². The van der Waals surface area contributed by atoms with Crippen LogP contribution in [-0.2, 0) is 16.1 Å². The number of morpholine rings is 1. The van der Waals surface area contributed by atoms with Gasteiger partial charge in [0.2, 0.25) is 5.91 Å². The zero-order valence-corrected chi connectivity index (χ0v) is 20.0. The van der Waals surface area contributed by atoms with Crippen LogP contribution < -0.4 is 5.32 Å². The average Bonchev–Trinajstić information content (AvgIpc) is 3.19. The smallest absolute Gasteiger partial charge is 0.221 e. The van der Waals surface area contributed by atoms with Crippen LogP contribution in [0.2, 0.25) is 0 Å². The van der Waals surface area contributed by atoms with Crippen LogP contribution in [0.5, 0.6) is 0 Å². The van der Waals surface area contributed by atoms with Crippen LogP contribution in [0.25, 0.3) is 11.4 Å². The first-order valence-electron chi connectivity index (χ1n) is 11.4. The molecular weight excluding hydrogens is 434 g/mol. The SMILES string of the molecule is Cc1cccc(-c2n[nH]c(=S)n2CCC(=O)NCC(c2cccc(C)c2)N2CCOCC2)c1. The summed E-state index contributed by atoms with van der Waals surface area (Å²) < 4.78 is 7.94. The molecule has 7 nitrogen and oxygen atoms in total. The summed E-state index contributed by atoms with van der Waals surface area (Å²) in [5, 5.41) is 10.4. The second kappa shape index (κ2) is 10.9. The Morgan fingerprint density at radius 2 is 1.88 bits per heavy atom. The number of nitrogens with zero attached hydrogens (tertiary/aromatic N) is 3. The Kier molecular flexibility index (Phi) is 7.69. The van der Waals surface area contributed by atoms with Crippen LogP contribution >= 0.6 is 12.2 Å². The van der Waals surface area contributed by atoms with Crippen LogP contribution in [0.4, 0.5) is 0 Å². The molecule has 0 bridgehead atoms. The second-order valence-electron chi connectivity index (χ2n) is 8.51. The molecule has 174 valence electrons. The molecule has 33 heavy (non-hydrogen) atoms. The van der Waals surface area contributed by atoms with E-state index >= 15 is 0 Å². The fraction of sp³-hybridized carbons (Fsp3) is 0.400. The van der Waals surface area contributed by atoms with Crippen molar-refractivity contribution in [1.82, 2.24) is 25.0 Å². The summed E-state index contributed by atoms with van der Waals surface area (Å²) in [4.78, 5) is 15.2. The van der Waals surface area contributed by atoms with Gasteiger partial charge in [-0.1, -0.05) is 53.6 Å². The van der Waals surface area contributed by atoms with Crippen molar-refractivity contribution in [3.8, 4) is 11.4 Å². The number of nitrogens with one attached hydrogen (secondary N) is 2. The number of rotatable bonds is 8. The fourth-order valence-electron chi connectivity index (χ4n) is 4.27. The maximum atomic E-state index is 12.8. The molecule has 0 aliphatic carbocycles. The molecule has 1 amide bonds. The first kappa shape index (κ1) is 23.4. The van der Waals surface area contributed by atoms with Crippen molar-refractivity contribution in [2.24, 2.45) is 0 Å². The van der Waals surface area contributed by atoms with Gasteiger partial charge >= 0.3 is 0 Å². The third kappa shape index (κ3) is 5.96. The Hall–Kier alpha value is -2.81. The van der Waals surface area contributed by atoms with Crippen LogP contribution in [0, 0.1) is 18.6 Å². The molecular formula is C25H31N5O2S. The monoisotopic (exact) mass is 465 g/mol. The van der Waals surface area contributed by atoms with E-state index in [4.69, 9.17) is 17.0 Å². The third-order valence-corrected chi connectivity index (χ3v) is 6.31. The van der Waals surface area contributed by atoms with Crippen LogP contribution in [0.15, 0.2) is 48.5 Å². The van der Waals surface area contributed by atoms with E-state index in [0.717, 1.165) is 43.3 Å². The van der Waals surface area contributed by atoms with Gasteiger partial charge in [0.15, 0.2) is 10.6 Å². The van der Waals surface area contributed by atoms with E-state index in [2.05, 4.69) is 57.7 Å². The van der Waals surface area contributed by atoms with Crippen LogP contribution in [0.3, 0.4) is 0 Å². The van der Waals surface area contributed by atoms with Crippen molar-refractivity contribution in [2.75, 3.05) is 32.8 Å². The van der Waals surface area contributed by atoms with Gasteiger partial charge in [-0.05, 0) is 37.7 Å². The third-order valence-electron chi connectivity index (χ3n) is 6.00. The predicted octanol–water partition coefficient (Wildman–Crippen LogP) is 3.80. The first-order chi connectivity index (χ1) is 16.0. The topological polar surface area (TPSA) is 75.2 Å². The molecule has 2 N–H and O–H groups in total. The summed E-state index contributed by atoms with van der Waals surface area (Å²) in [5.41, 5.74) is 4.57. The standard InChI is InChI=1S/C25H31N5O2S/c1-18-5-3-7-20(15-18)22(29-11-13-32-14-12-29)17-26-23(31)9-10-30-24(27-28-25(30)33)21-8-4-6-19(2)16-21/h3-8,15-16,22H,9-14,17H2,1-2H3,(H,26,31)(H,28,33). The number of carbonyl (C=O) groups is 1. The van der Waals surface area contributed by atoms with Crippen molar-refractivity contribution in [3.63, 3.8) is 0 Å². The number of aryl methyl sites for hydroxylation is 2. The van der Waals surface area contributed by atoms with Gasteiger partial charge in [0, 0.05) is 38.2 Å². The molecule has 0 radical (unpaired) electrons. The van der Waals surface area contributed by atoms with E-state index in [-0.39, 0.29) is 11.9 Å². The fourth-order valence-corrected chi connectivity index (χ4v) is 4.49. The maximum absolute atomic E-state index is 12.8. The van der Waals surface area contributed by atoms with Crippen LogP contribution in [0.1, 0.15) is 29.2 Å². The molecule has 1 aliphatic rings. The molecule has 0 spiro atoms. The zero-order chi connectivity index (χ0) is 23.2. The Morgan fingerprint density at radius 3 is 2.61 bits per heavy atom. The number of amides is 1. The molecule has 1 aromatic heterocycles. The lowest BCUT2D eigenvalue weighted by atomic mass is 10.0. The van der Waals surface area contributed by atoms with Crippen molar-refractivity contribution in [2.45, 2.75) is 32.9 Å².